The molecule has 6 heteroatoms. The van der Waals surface area contributed by atoms with Crippen LogP contribution in [0.4, 0.5) is 0 Å². The lowest BCUT2D eigenvalue weighted by Gasteiger charge is -2.34. The van der Waals surface area contributed by atoms with Gasteiger partial charge >= 0.3 is 0 Å². The van der Waals surface area contributed by atoms with Gasteiger partial charge in [-0.05, 0) is 18.4 Å². The van der Waals surface area contributed by atoms with Crippen LogP contribution in [0.3, 0.4) is 0 Å². The summed E-state index contributed by atoms with van der Waals surface area (Å²) in [6.45, 7) is 2.74. The molecule has 6 nitrogen and oxygen atoms in total. The van der Waals surface area contributed by atoms with E-state index in [2.05, 4.69) is 22.5 Å². The summed E-state index contributed by atoms with van der Waals surface area (Å²) in [5.74, 6) is 0.0177. The first-order valence-corrected chi connectivity index (χ1v) is 8.33. The molecule has 128 valence electrons. The Balaban J connectivity index is 1.56. The minimum Gasteiger partial charge on any atom is -0.381 e. The summed E-state index contributed by atoms with van der Waals surface area (Å²) in [4.78, 5) is 12.5. The zero-order valence-electron chi connectivity index (χ0n) is 13.8. The largest absolute Gasteiger partial charge is 0.381 e. The average Bonchev–Trinajstić information content (AvgIpc) is 3.08. The van der Waals surface area contributed by atoms with Gasteiger partial charge in [0.2, 0.25) is 5.91 Å². The van der Waals surface area contributed by atoms with E-state index in [9.17, 15) is 4.79 Å². The second kappa shape index (κ2) is 7.59. The Labute approximate surface area is 142 Å². The van der Waals surface area contributed by atoms with E-state index in [1.165, 1.54) is 5.56 Å². The van der Waals surface area contributed by atoms with Gasteiger partial charge in [-0.25, -0.2) is 0 Å². The molecule has 2 aromatic rings. The zero-order chi connectivity index (χ0) is 16.8. The van der Waals surface area contributed by atoms with E-state index in [4.69, 9.17) is 10.5 Å². The number of amides is 1. The number of ether oxygens (including phenoxy) is 1. The van der Waals surface area contributed by atoms with E-state index < -0.39 is 5.41 Å². The maximum Gasteiger partial charge on any atom is 0.227 e. The third-order valence-corrected chi connectivity index (χ3v) is 4.65. The predicted octanol–water partition coefficient (Wildman–Crippen LogP) is 1.30. The van der Waals surface area contributed by atoms with Gasteiger partial charge in [-0.15, -0.1) is 0 Å². The van der Waals surface area contributed by atoms with Crippen molar-refractivity contribution >= 4 is 5.91 Å². The molecule has 0 spiro atoms. The predicted molar refractivity (Wildman–Crippen MR) is 91.2 cm³/mol. The molecule has 1 saturated heterocycles. The van der Waals surface area contributed by atoms with Crippen molar-refractivity contribution in [1.29, 1.82) is 0 Å². The number of hydrogen-bond donors (Lipinski definition) is 2. The smallest absolute Gasteiger partial charge is 0.227 e. The zero-order valence-corrected chi connectivity index (χ0v) is 13.8. The molecular formula is C18H24N4O2. The fourth-order valence-electron chi connectivity index (χ4n) is 3.01. The van der Waals surface area contributed by atoms with Gasteiger partial charge < -0.3 is 15.8 Å². The number of nitrogens with two attached hydrogens (primary N) is 1. The van der Waals surface area contributed by atoms with Gasteiger partial charge in [0, 0.05) is 38.1 Å². The maximum absolute atomic E-state index is 12.5. The highest BCUT2D eigenvalue weighted by molar-refractivity contribution is 5.83. The summed E-state index contributed by atoms with van der Waals surface area (Å²) in [5.41, 5.74) is 7.56. The molecule has 0 unspecified atom stereocenters. The van der Waals surface area contributed by atoms with Crippen LogP contribution >= 0.6 is 0 Å². The van der Waals surface area contributed by atoms with Gasteiger partial charge in [0.05, 0.1) is 18.2 Å². The van der Waals surface area contributed by atoms with E-state index >= 15 is 0 Å². The summed E-state index contributed by atoms with van der Waals surface area (Å²) in [5, 5.41) is 7.37. The third kappa shape index (κ3) is 3.83. The number of nitrogens with zero attached hydrogens (tertiary/aromatic N) is 2. The van der Waals surface area contributed by atoms with Gasteiger partial charge in [0.1, 0.15) is 0 Å². The van der Waals surface area contributed by atoms with Crippen molar-refractivity contribution in [3.05, 3.63) is 53.9 Å². The highest BCUT2D eigenvalue weighted by atomic mass is 16.5. The standard InChI is InChI=1S/C18H24N4O2/c19-14-18(6-8-24-9-7-18)17(23)20-10-16-11-21-22(13-16)12-15-4-2-1-3-5-15/h1-5,11,13H,6-10,12,14,19H2,(H,20,23). The summed E-state index contributed by atoms with van der Waals surface area (Å²) in [7, 11) is 0. The molecule has 0 saturated carbocycles. The third-order valence-electron chi connectivity index (χ3n) is 4.65. The number of carbonyl (C=O) groups excluding carboxylic acids is 1. The maximum atomic E-state index is 12.5. The average molecular weight is 328 g/mol. The lowest BCUT2D eigenvalue weighted by atomic mass is 9.79. The quantitative estimate of drug-likeness (QED) is 0.837. The molecule has 1 aliphatic heterocycles. The number of nitrogens with one attached hydrogen (secondary N) is 1. The molecule has 2 heterocycles. The van der Waals surface area contributed by atoms with Crippen LogP contribution in [0, 0.1) is 5.41 Å². The minimum absolute atomic E-state index is 0.0177. The highest BCUT2D eigenvalue weighted by Gasteiger charge is 2.38. The van der Waals surface area contributed by atoms with E-state index in [1.807, 2.05) is 29.1 Å². The Kier molecular flexibility index (Phi) is 5.27. The Morgan fingerprint density at radius 3 is 2.71 bits per heavy atom. The summed E-state index contributed by atoms with van der Waals surface area (Å²) >= 11 is 0. The molecule has 1 aromatic carbocycles. The molecule has 0 radical (unpaired) electrons. The van der Waals surface area contributed by atoms with Crippen molar-refractivity contribution in [3.63, 3.8) is 0 Å². The molecule has 24 heavy (non-hydrogen) atoms. The number of aromatic nitrogens is 2. The van der Waals surface area contributed by atoms with Crippen LogP contribution in [0.15, 0.2) is 42.7 Å². The summed E-state index contributed by atoms with van der Waals surface area (Å²) < 4.78 is 7.23. The van der Waals surface area contributed by atoms with E-state index in [-0.39, 0.29) is 5.91 Å². The molecule has 1 aromatic heterocycles. The van der Waals surface area contributed by atoms with Crippen molar-refractivity contribution < 1.29 is 9.53 Å². The molecule has 1 aliphatic rings. The first-order chi connectivity index (χ1) is 11.7. The second-order valence-corrected chi connectivity index (χ2v) is 6.31. The SMILES string of the molecule is NCC1(C(=O)NCc2cnn(Cc3ccccc3)c2)CCOCC1. The first-order valence-electron chi connectivity index (χ1n) is 8.33. The van der Waals surface area contributed by atoms with Gasteiger partial charge in [-0.2, -0.15) is 5.10 Å². The normalized spacial score (nSPS) is 16.7. The molecule has 0 bridgehead atoms. The number of rotatable bonds is 6. The van der Waals surface area contributed by atoms with Gasteiger partial charge in [-0.1, -0.05) is 30.3 Å². The Morgan fingerprint density at radius 1 is 1.25 bits per heavy atom. The van der Waals surface area contributed by atoms with Crippen molar-refractivity contribution in [3.8, 4) is 0 Å². The van der Waals surface area contributed by atoms with Crippen LogP contribution in [-0.4, -0.2) is 35.4 Å². The molecule has 3 N–H and O–H groups in total. The minimum atomic E-state index is -0.488. The number of hydrogen-bond acceptors (Lipinski definition) is 4. The fraction of sp³-hybridized carbons (Fsp3) is 0.444. The molecule has 3 rings (SSSR count). The Bertz CT molecular complexity index is 663. The first kappa shape index (κ1) is 16.7. The molecular weight excluding hydrogens is 304 g/mol. The molecule has 1 amide bonds. The van der Waals surface area contributed by atoms with E-state index in [0.717, 1.165) is 12.1 Å². The van der Waals surface area contributed by atoms with E-state index in [0.29, 0.717) is 39.1 Å². The van der Waals surface area contributed by atoms with Crippen LogP contribution in [0.2, 0.25) is 0 Å². The fourth-order valence-corrected chi connectivity index (χ4v) is 3.01. The molecule has 0 aliphatic carbocycles. The van der Waals surface area contributed by atoms with Crippen molar-refractivity contribution in [1.82, 2.24) is 15.1 Å². The van der Waals surface area contributed by atoms with Gasteiger partial charge in [0.25, 0.3) is 0 Å². The van der Waals surface area contributed by atoms with Crippen LogP contribution in [-0.2, 0) is 22.6 Å². The monoisotopic (exact) mass is 328 g/mol. The summed E-state index contributed by atoms with van der Waals surface area (Å²) in [6.07, 6.45) is 5.12. The highest BCUT2D eigenvalue weighted by Crippen LogP contribution is 2.29. The van der Waals surface area contributed by atoms with Crippen LogP contribution in [0.25, 0.3) is 0 Å². The van der Waals surface area contributed by atoms with Crippen LogP contribution in [0.1, 0.15) is 24.0 Å². The van der Waals surface area contributed by atoms with E-state index in [1.54, 1.807) is 6.20 Å². The van der Waals surface area contributed by atoms with Crippen LogP contribution in [0.5, 0.6) is 0 Å². The molecule has 0 atom stereocenters. The van der Waals surface area contributed by atoms with Crippen molar-refractivity contribution in [2.24, 2.45) is 11.1 Å². The van der Waals surface area contributed by atoms with Gasteiger partial charge in [-0.3, -0.25) is 9.48 Å². The Morgan fingerprint density at radius 2 is 2.00 bits per heavy atom. The van der Waals surface area contributed by atoms with Crippen molar-refractivity contribution in [2.75, 3.05) is 19.8 Å². The molecule has 1 fully saturated rings. The number of benzene rings is 1. The van der Waals surface area contributed by atoms with Crippen LogP contribution < -0.4 is 11.1 Å². The second-order valence-electron chi connectivity index (χ2n) is 6.31. The summed E-state index contributed by atoms with van der Waals surface area (Å²) in [6, 6.07) is 10.2. The lowest BCUT2D eigenvalue weighted by Crippen LogP contribution is -2.48. The number of carbonyl (C=O) groups is 1. The van der Waals surface area contributed by atoms with Crippen molar-refractivity contribution in [2.45, 2.75) is 25.9 Å². The van der Waals surface area contributed by atoms with Gasteiger partial charge in [0.15, 0.2) is 0 Å². The topological polar surface area (TPSA) is 82.2 Å². The lowest BCUT2D eigenvalue weighted by molar-refractivity contribution is -0.136. The Hall–Kier alpha value is -2.18.